The summed E-state index contributed by atoms with van der Waals surface area (Å²) in [7, 11) is 0. The first kappa shape index (κ1) is 14.3. The number of piperidine rings is 1. The van der Waals surface area contributed by atoms with E-state index in [1.54, 1.807) is 18.3 Å². The molecule has 0 unspecified atom stereocenters. The third-order valence-electron chi connectivity index (χ3n) is 3.31. The lowest BCUT2D eigenvalue weighted by Crippen LogP contribution is -2.34. The Morgan fingerprint density at radius 3 is 2.75 bits per heavy atom. The zero-order valence-corrected chi connectivity index (χ0v) is 11.3. The number of aromatic nitrogens is 1. The predicted molar refractivity (Wildman–Crippen MR) is 74.9 cm³/mol. The van der Waals surface area contributed by atoms with E-state index >= 15 is 0 Å². The summed E-state index contributed by atoms with van der Waals surface area (Å²) in [5.41, 5.74) is 0.514. The zero-order valence-electron chi connectivity index (χ0n) is 11.3. The van der Waals surface area contributed by atoms with Gasteiger partial charge in [-0.2, -0.15) is 0 Å². The van der Waals surface area contributed by atoms with Crippen LogP contribution < -0.4 is 10.2 Å². The van der Waals surface area contributed by atoms with Gasteiger partial charge in [-0.15, -0.1) is 0 Å². The molecule has 0 radical (unpaired) electrons. The van der Waals surface area contributed by atoms with Gasteiger partial charge in [0.25, 0.3) is 5.91 Å². The number of rotatable bonds is 5. The molecule has 108 valence electrons. The van der Waals surface area contributed by atoms with Crippen LogP contribution in [0.1, 0.15) is 36.0 Å². The predicted octanol–water partition coefficient (Wildman–Crippen LogP) is 1.28. The number of carboxylic acid groups (broad SMARTS) is 1. The molecule has 6 nitrogen and oxygen atoms in total. The zero-order chi connectivity index (χ0) is 14.4. The first-order valence-electron chi connectivity index (χ1n) is 6.88. The van der Waals surface area contributed by atoms with Gasteiger partial charge in [0.1, 0.15) is 5.82 Å². The molecular formula is C14H19N3O3. The van der Waals surface area contributed by atoms with E-state index in [1.807, 2.05) is 0 Å². The second-order valence-electron chi connectivity index (χ2n) is 4.82. The van der Waals surface area contributed by atoms with Crippen LogP contribution in [0.15, 0.2) is 18.3 Å². The van der Waals surface area contributed by atoms with Crippen molar-refractivity contribution in [3.8, 4) is 0 Å². The lowest BCUT2D eigenvalue weighted by atomic mass is 10.1. The van der Waals surface area contributed by atoms with E-state index in [1.165, 1.54) is 6.42 Å². The summed E-state index contributed by atoms with van der Waals surface area (Å²) < 4.78 is 0. The van der Waals surface area contributed by atoms with E-state index in [-0.39, 0.29) is 18.9 Å². The number of carbonyl (C=O) groups excluding carboxylic acids is 1. The molecule has 1 aromatic heterocycles. The summed E-state index contributed by atoms with van der Waals surface area (Å²) in [4.78, 5) is 29.0. The second-order valence-corrected chi connectivity index (χ2v) is 4.82. The lowest BCUT2D eigenvalue weighted by Gasteiger charge is -2.29. The molecule has 6 heteroatoms. The molecule has 1 aromatic rings. The van der Waals surface area contributed by atoms with Gasteiger partial charge in [0.2, 0.25) is 0 Å². The minimum absolute atomic E-state index is 0.0783. The quantitative estimate of drug-likeness (QED) is 0.847. The van der Waals surface area contributed by atoms with Gasteiger partial charge in [0.15, 0.2) is 0 Å². The lowest BCUT2D eigenvalue weighted by molar-refractivity contribution is -0.136. The number of anilines is 1. The third-order valence-corrected chi connectivity index (χ3v) is 3.31. The monoisotopic (exact) mass is 277 g/mol. The van der Waals surface area contributed by atoms with Gasteiger partial charge < -0.3 is 15.3 Å². The summed E-state index contributed by atoms with van der Waals surface area (Å²) in [6, 6.07) is 3.45. The Hall–Kier alpha value is -2.11. The van der Waals surface area contributed by atoms with E-state index in [9.17, 15) is 9.59 Å². The van der Waals surface area contributed by atoms with Gasteiger partial charge in [0.05, 0.1) is 12.0 Å². The Bertz CT molecular complexity index is 484. The van der Waals surface area contributed by atoms with Gasteiger partial charge in [-0.3, -0.25) is 9.59 Å². The van der Waals surface area contributed by atoms with Crippen molar-refractivity contribution in [2.45, 2.75) is 25.7 Å². The Balaban J connectivity index is 2.06. The summed E-state index contributed by atoms with van der Waals surface area (Å²) in [6.45, 7) is 1.95. The van der Waals surface area contributed by atoms with Crippen molar-refractivity contribution in [2.24, 2.45) is 0 Å². The molecule has 0 saturated carbocycles. The third kappa shape index (κ3) is 3.69. The van der Waals surface area contributed by atoms with Crippen molar-refractivity contribution in [3.05, 3.63) is 23.9 Å². The van der Waals surface area contributed by atoms with Crippen LogP contribution in [0.4, 0.5) is 5.82 Å². The van der Waals surface area contributed by atoms with Crippen molar-refractivity contribution in [1.29, 1.82) is 0 Å². The van der Waals surface area contributed by atoms with E-state index in [0.717, 1.165) is 25.9 Å². The number of amides is 1. The molecule has 2 N–H and O–H groups in total. The van der Waals surface area contributed by atoms with Crippen molar-refractivity contribution in [1.82, 2.24) is 10.3 Å². The fraction of sp³-hybridized carbons (Fsp3) is 0.500. The number of carboxylic acids is 1. The maximum atomic E-state index is 12.1. The highest BCUT2D eigenvalue weighted by molar-refractivity contribution is 5.99. The SMILES string of the molecule is O=C(O)CCNC(=O)c1cccnc1N1CCCCC1. The standard InChI is InChI=1S/C14H19N3O3/c18-12(19)6-8-16-14(20)11-5-4-7-15-13(11)17-9-2-1-3-10-17/h4-5,7H,1-3,6,8-10H2,(H,16,20)(H,18,19). The average molecular weight is 277 g/mol. The highest BCUT2D eigenvalue weighted by atomic mass is 16.4. The Labute approximate surface area is 117 Å². The minimum atomic E-state index is -0.923. The van der Waals surface area contributed by atoms with Crippen molar-refractivity contribution in [3.63, 3.8) is 0 Å². The smallest absolute Gasteiger partial charge is 0.305 e. The van der Waals surface area contributed by atoms with Gasteiger partial charge >= 0.3 is 5.97 Å². The van der Waals surface area contributed by atoms with Crippen molar-refractivity contribution in [2.75, 3.05) is 24.5 Å². The molecule has 0 spiro atoms. The first-order valence-corrected chi connectivity index (χ1v) is 6.88. The molecule has 1 fully saturated rings. The van der Waals surface area contributed by atoms with Crippen LogP contribution in [0.25, 0.3) is 0 Å². The van der Waals surface area contributed by atoms with Crippen LogP contribution in [0.3, 0.4) is 0 Å². The van der Waals surface area contributed by atoms with Gasteiger partial charge in [0, 0.05) is 25.8 Å². The maximum absolute atomic E-state index is 12.1. The molecule has 1 aliphatic heterocycles. The van der Waals surface area contributed by atoms with Crippen molar-refractivity contribution >= 4 is 17.7 Å². The van der Waals surface area contributed by atoms with E-state index in [2.05, 4.69) is 15.2 Å². The Morgan fingerprint density at radius 1 is 1.30 bits per heavy atom. The topological polar surface area (TPSA) is 82.5 Å². The molecule has 0 atom stereocenters. The van der Waals surface area contributed by atoms with E-state index in [0.29, 0.717) is 11.4 Å². The van der Waals surface area contributed by atoms with Crippen LogP contribution in [-0.4, -0.2) is 41.6 Å². The molecule has 1 saturated heterocycles. The highest BCUT2D eigenvalue weighted by Crippen LogP contribution is 2.21. The summed E-state index contributed by atoms with van der Waals surface area (Å²) in [5, 5.41) is 11.2. The van der Waals surface area contributed by atoms with E-state index in [4.69, 9.17) is 5.11 Å². The molecule has 1 aliphatic rings. The van der Waals surface area contributed by atoms with Crippen LogP contribution in [0.5, 0.6) is 0 Å². The largest absolute Gasteiger partial charge is 0.481 e. The Kier molecular flexibility index (Phi) is 4.92. The van der Waals surface area contributed by atoms with Gasteiger partial charge in [-0.1, -0.05) is 0 Å². The van der Waals surface area contributed by atoms with Crippen LogP contribution >= 0.6 is 0 Å². The van der Waals surface area contributed by atoms with Crippen LogP contribution in [0.2, 0.25) is 0 Å². The molecule has 2 rings (SSSR count). The average Bonchev–Trinajstić information content (AvgIpc) is 2.47. The fourth-order valence-electron chi connectivity index (χ4n) is 2.31. The second kappa shape index (κ2) is 6.88. The number of pyridine rings is 1. The number of hydrogen-bond donors (Lipinski definition) is 2. The molecular weight excluding hydrogens is 258 g/mol. The number of hydrogen-bond acceptors (Lipinski definition) is 4. The Morgan fingerprint density at radius 2 is 2.05 bits per heavy atom. The number of nitrogens with one attached hydrogen (secondary N) is 1. The van der Waals surface area contributed by atoms with Crippen molar-refractivity contribution < 1.29 is 14.7 Å². The number of aliphatic carboxylic acids is 1. The van der Waals surface area contributed by atoms with Gasteiger partial charge in [-0.05, 0) is 31.4 Å². The normalized spacial score (nSPS) is 14.9. The van der Waals surface area contributed by atoms with Crippen LogP contribution in [-0.2, 0) is 4.79 Å². The molecule has 20 heavy (non-hydrogen) atoms. The fourth-order valence-corrected chi connectivity index (χ4v) is 2.31. The molecule has 1 amide bonds. The maximum Gasteiger partial charge on any atom is 0.305 e. The van der Waals surface area contributed by atoms with Crippen LogP contribution in [0, 0.1) is 0 Å². The highest BCUT2D eigenvalue weighted by Gasteiger charge is 2.19. The molecule has 0 bridgehead atoms. The number of nitrogens with zero attached hydrogens (tertiary/aromatic N) is 2. The first-order chi connectivity index (χ1) is 9.68. The minimum Gasteiger partial charge on any atom is -0.481 e. The molecule has 0 aromatic carbocycles. The number of carbonyl (C=O) groups is 2. The summed E-state index contributed by atoms with van der Waals surface area (Å²) >= 11 is 0. The van der Waals surface area contributed by atoms with E-state index < -0.39 is 5.97 Å². The molecule has 2 heterocycles. The summed E-state index contributed by atoms with van der Waals surface area (Å²) in [5.74, 6) is -0.493. The van der Waals surface area contributed by atoms with Gasteiger partial charge in [-0.25, -0.2) is 4.98 Å². The molecule has 0 aliphatic carbocycles. The summed E-state index contributed by atoms with van der Waals surface area (Å²) in [6.07, 6.45) is 5.03.